The number of carbonyl (C=O) groups excluding carboxylic acids is 2. The highest BCUT2D eigenvalue weighted by Crippen LogP contribution is 2.20. The van der Waals surface area contributed by atoms with Gasteiger partial charge in [-0.2, -0.15) is 0 Å². The van der Waals surface area contributed by atoms with Gasteiger partial charge in [-0.25, -0.2) is 4.79 Å². The summed E-state index contributed by atoms with van der Waals surface area (Å²) in [5, 5.41) is 12.0. The van der Waals surface area contributed by atoms with Crippen molar-refractivity contribution in [3.05, 3.63) is 0 Å². The van der Waals surface area contributed by atoms with Crippen LogP contribution in [0, 0.1) is 0 Å². The first-order chi connectivity index (χ1) is 26.9. The second kappa shape index (κ2) is 43.5. The minimum absolute atomic E-state index is 0.0119. The van der Waals surface area contributed by atoms with Gasteiger partial charge in [-0.05, 0) is 57.9 Å². The number of esters is 1. The fourth-order valence-corrected chi connectivity index (χ4v) is 7.75. The van der Waals surface area contributed by atoms with Crippen LogP contribution >= 0.6 is 0 Å². The molecule has 7 heteroatoms. The van der Waals surface area contributed by atoms with Gasteiger partial charge in [0.25, 0.3) is 0 Å². The molecule has 55 heavy (non-hydrogen) atoms. The fourth-order valence-electron chi connectivity index (χ4n) is 7.75. The molecule has 0 aromatic rings. The van der Waals surface area contributed by atoms with Gasteiger partial charge in [-0.3, -0.25) is 9.59 Å². The highest BCUT2D eigenvalue weighted by Gasteiger charge is 2.19. The van der Waals surface area contributed by atoms with Crippen LogP contribution in [0.4, 0.5) is 0 Å². The van der Waals surface area contributed by atoms with Crippen LogP contribution in [0.25, 0.3) is 0 Å². The number of carboxylic acids is 1. The number of hydrogen-bond acceptors (Lipinski definition) is 5. The zero-order valence-electron chi connectivity index (χ0n) is 36.8. The van der Waals surface area contributed by atoms with E-state index in [9.17, 15) is 19.5 Å². The zero-order chi connectivity index (χ0) is 40.3. The van der Waals surface area contributed by atoms with Crippen molar-refractivity contribution in [2.75, 3.05) is 6.54 Å². The Labute approximate surface area is 341 Å². The summed E-state index contributed by atoms with van der Waals surface area (Å²) in [5.41, 5.74) is 5.49. The summed E-state index contributed by atoms with van der Waals surface area (Å²) in [4.78, 5) is 36.5. The van der Waals surface area contributed by atoms with Gasteiger partial charge in [0.2, 0.25) is 5.91 Å². The monoisotopic (exact) mass is 779 g/mol. The minimum atomic E-state index is -0.999. The SMILES string of the molecule is CCCCCCCCCCCCCCCCCCC(=O)OC(CCCCCCCCCCCCCCC)CCCCCCCC(=O)NC(CCCN)C(=O)O. The third kappa shape index (κ3) is 40.4. The standard InChI is InChI=1S/C48H94N2O5/c1-3-5-7-9-11-13-15-17-18-19-21-23-25-27-32-36-42-47(52)55-44(38-33-29-26-24-22-20-16-14-12-10-8-6-4-2)39-34-30-28-31-35-41-46(51)50-45(48(53)54)40-37-43-49/h44-45H,3-43,49H2,1-2H3,(H,50,51)(H,53,54). The highest BCUT2D eigenvalue weighted by molar-refractivity contribution is 5.83. The Hall–Kier alpha value is -1.63. The fraction of sp³-hybridized carbons (Fsp3) is 0.938. The van der Waals surface area contributed by atoms with Gasteiger partial charge in [0.05, 0.1) is 0 Å². The summed E-state index contributed by atoms with van der Waals surface area (Å²) in [5.74, 6) is -1.21. The summed E-state index contributed by atoms with van der Waals surface area (Å²) >= 11 is 0. The van der Waals surface area contributed by atoms with E-state index in [1.54, 1.807) is 0 Å². The normalized spacial score (nSPS) is 12.5. The van der Waals surface area contributed by atoms with Crippen molar-refractivity contribution in [1.29, 1.82) is 0 Å². The van der Waals surface area contributed by atoms with Gasteiger partial charge >= 0.3 is 11.9 Å². The van der Waals surface area contributed by atoms with Crippen LogP contribution in [0.1, 0.15) is 271 Å². The predicted molar refractivity (Wildman–Crippen MR) is 235 cm³/mol. The molecule has 0 rings (SSSR count). The maximum Gasteiger partial charge on any atom is 0.326 e. The van der Waals surface area contributed by atoms with Crippen LogP contribution in [0.5, 0.6) is 0 Å². The first-order valence-corrected chi connectivity index (χ1v) is 24.4. The first-order valence-electron chi connectivity index (χ1n) is 24.4. The average molecular weight is 779 g/mol. The van der Waals surface area contributed by atoms with Crippen LogP contribution in [0.3, 0.4) is 0 Å². The molecule has 0 aliphatic rings. The van der Waals surface area contributed by atoms with Crippen molar-refractivity contribution in [1.82, 2.24) is 5.32 Å². The van der Waals surface area contributed by atoms with Crippen molar-refractivity contribution in [3.63, 3.8) is 0 Å². The van der Waals surface area contributed by atoms with E-state index in [1.807, 2.05) is 0 Å². The molecule has 2 atom stereocenters. The molecule has 0 aromatic carbocycles. The van der Waals surface area contributed by atoms with Gasteiger partial charge in [0, 0.05) is 12.8 Å². The van der Waals surface area contributed by atoms with Crippen LogP contribution in [-0.2, 0) is 19.1 Å². The summed E-state index contributed by atoms with van der Waals surface area (Å²) in [6, 6.07) is -0.852. The Bertz CT molecular complexity index is 837. The van der Waals surface area contributed by atoms with E-state index < -0.39 is 12.0 Å². The summed E-state index contributed by atoms with van der Waals surface area (Å²) in [6.07, 6.45) is 47.2. The Morgan fingerprint density at radius 3 is 1.13 bits per heavy atom. The van der Waals surface area contributed by atoms with Gasteiger partial charge in [0.15, 0.2) is 0 Å². The van der Waals surface area contributed by atoms with Gasteiger partial charge in [0.1, 0.15) is 12.1 Å². The molecule has 326 valence electrons. The largest absolute Gasteiger partial charge is 0.480 e. The lowest BCUT2D eigenvalue weighted by atomic mass is 10.0. The molecule has 0 aromatic heterocycles. The number of amides is 1. The zero-order valence-corrected chi connectivity index (χ0v) is 36.8. The van der Waals surface area contributed by atoms with Crippen molar-refractivity contribution in [2.24, 2.45) is 5.73 Å². The molecule has 7 nitrogen and oxygen atoms in total. The summed E-state index contributed by atoms with van der Waals surface area (Å²) in [6.45, 7) is 4.98. The molecule has 0 heterocycles. The minimum Gasteiger partial charge on any atom is -0.480 e. The number of aliphatic carboxylic acids is 1. The third-order valence-electron chi connectivity index (χ3n) is 11.4. The van der Waals surface area contributed by atoms with Crippen molar-refractivity contribution in [3.8, 4) is 0 Å². The lowest BCUT2D eigenvalue weighted by Crippen LogP contribution is -2.40. The van der Waals surface area contributed by atoms with Crippen LogP contribution in [0.2, 0.25) is 0 Å². The molecular weight excluding hydrogens is 685 g/mol. The molecule has 0 aliphatic carbocycles. The molecule has 4 N–H and O–H groups in total. The molecule has 0 saturated carbocycles. The number of unbranched alkanes of at least 4 members (excludes halogenated alkanes) is 31. The van der Waals surface area contributed by atoms with Crippen molar-refractivity contribution >= 4 is 17.8 Å². The first kappa shape index (κ1) is 53.4. The Kier molecular flexibility index (Phi) is 42.2. The second-order valence-corrected chi connectivity index (χ2v) is 16.9. The predicted octanol–water partition coefficient (Wildman–Crippen LogP) is 14.1. The molecule has 2 unspecified atom stereocenters. The molecule has 0 radical (unpaired) electrons. The number of ether oxygens (including phenoxy) is 1. The van der Waals surface area contributed by atoms with Gasteiger partial charge < -0.3 is 20.9 Å². The second-order valence-electron chi connectivity index (χ2n) is 16.9. The van der Waals surface area contributed by atoms with Crippen LogP contribution in [0.15, 0.2) is 0 Å². The van der Waals surface area contributed by atoms with E-state index in [0.717, 1.165) is 64.2 Å². The van der Waals surface area contributed by atoms with E-state index in [4.69, 9.17) is 10.5 Å². The molecule has 0 spiro atoms. The maximum atomic E-state index is 12.8. The Morgan fingerprint density at radius 2 is 0.782 bits per heavy atom. The van der Waals surface area contributed by atoms with E-state index in [-0.39, 0.29) is 18.0 Å². The van der Waals surface area contributed by atoms with E-state index in [0.29, 0.717) is 32.2 Å². The van der Waals surface area contributed by atoms with Crippen molar-refractivity contribution in [2.45, 2.75) is 283 Å². The van der Waals surface area contributed by atoms with E-state index >= 15 is 0 Å². The van der Waals surface area contributed by atoms with Crippen molar-refractivity contribution < 1.29 is 24.2 Å². The Morgan fingerprint density at radius 1 is 0.455 bits per heavy atom. The van der Waals surface area contributed by atoms with E-state index in [1.165, 1.54) is 167 Å². The maximum absolute atomic E-state index is 12.8. The summed E-state index contributed by atoms with van der Waals surface area (Å²) < 4.78 is 6.08. The molecule has 0 bridgehead atoms. The topological polar surface area (TPSA) is 119 Å². The molecular formula is C48H94N2O5. The lowest BCUT2D eigenvalue weighted by molar-refractivity contribution is -0.150. The molecule has 0 fully saturated rings. The van der Waals surface area contributed by atoms with Gasteiger partial charge in [-0.15, -0.1) is 0 Å². The van der Waals surface area contributed by atoms with Crippen LogP contribution < -0.4 is 11.1 Å². The molecule has 1 amide bonds. The number of rotatable bonds is 45. The quantitative estimate of drug-likeness (QED) is 0.0418. The molecule has 0 saturated heterocycles. The number of nitrogens with one attached hydrogen (secondary N) is 1. The molecule has 0 aliphatic heterocycles. The smallest absolute Gasteiger partial charge is 0.326 e. The number of nitrogens with two attached hydrogens (primary N) is 1. The van der Waals surface area contributed by atoms with Gasteiger partial charge in [-0.1, -0.05) is 206 Å². The van der Waals surface area contributed by atoms with Crippen LogP contribution in [-0.4, -0.2) is 41.6 Å². The lowest BCUT2D eigenvalue weighted by Gasteiger charge is -2.18. The van der Waals surface area contributed by atoms with E-state index in [2.05, 4.69) is 19.2 Å². The number of hydrogen-bond donors (Lipinski definition) is 3. The summed E-state index contributed by atoms with van der Waals surface area (Å²) in [7, 11) is 0. The Balaban J connectivity index is 4.24. The number of carboxylic acid groups (broad SMARTS) is 1. The number of carbonyl (C=O) groups is 3. The third-order valence-corrected chi connectivity index (χ3v) is 11.4. The highest BCUT2D eigenvalue weighted by atomic mass is 16.5. The average Bonchev–Trinajstić information content (AvgIpc) is 3.17.